The van der Waals surface area contributed by atoms with Crippen LogP contribution < -0.4 is 20.7 Å². The summed E-state index contributed by atoms with van der Waals surface area (Å²) in [5, 5.41) is 8.16. The highest BCUT2D eigenvalue weighted by Crippen LogP contribution is 2.27. The second-order valence-corrected chi connectivity index (χ2v) is 9.09. The number of benzene rings is 1. The molecule has 0 aromatic heterocycles. The highest BCUT2D eigenvalue weighted by molar-refractivity contribution is 5.88. The Kier molecular flexibility index (Phi) is 9.73. The van der Waals surface area contributed by atoms with Gasteiger partial charge in [-0.2, -0.15) is 0 Å². The van der Waals surface area contributed by atoms with Gasteiger partial charge in [0.05, 0.1) is 13.2 Å². The summed E-state index contributed by atoms with van der Waals surface area (Å²) in [7, 11) is 1.54. The Hall–Kier alpha value is -3.10. The van der Waals surface area contributed by atoms with Gasteiger partial charge in [-0.1, -0.05) is 50.3 Å². The van der Waals surface area contributed by atoms with Crippen LogP contribution >= 0.6 is 0 Å². The van der Waals surface area contributed by atoms with Gasteiger partial charge >= 0.3 is 6.09 Å². The van der Waals surface area contributed by atoms with E-state index >= 15 is 0 Å². The van der Waals surface area contributed by atoms with Crippen LogP contribution in [0.1, 0.15) is 56.9 Å². The first-order valence-corrected chi connectivity index (χ1v) is 12.1. The number of hydrogen-bond acceptors (Lipinski definition) is 6. The standard InChI is InChI=1S/C25H35N3O6/c1-33-22-10-6-5-9-19(22)16-34-25(32)28-21(13-17-7-3-2-4-8-17)24(31)27-20(15-29)14-18-11-12-26-23(18)30/h5-6,9-10,15,17-18,20-21H,2-4,7-8,11-14,16H2,1H3,(H,26,30)(H,27,31)(H,28,32)/t18-,20-,21-/m0/s1. The molecule has 1 aromatic rings. The molecule has 1 heterocycles. The third-order valence-corrected chi connectivity index (χ3v) is 6.65. The molecule has 9 heteroatoms. The van der Waals surface area contributed by atoms with Crippen LogP contribution in [0.25, 0.3) is 0 Å². The number of para-hydroxylation sites is 1. The minimum Gasteiger partial charge on any atom is -0.496 e. The molecule has 0 bridgehead atoms. The molecule has 0 radical (unpaired) electrons. The summed E-state index contributed by atoms with van der Waals surface area (Å²) in [5.74, 6) is 0.0881. The van der Waals surface area contributed by atoms with Crippen molar-refractivity contribution in [2.45, 2.75) is 70.1 Å². The maximum Gasteiger partial charge on any atom is 0.408 e. The van der Waals surface area contributed by atoms with Gasteiger partial charge in [0.1, 0.15) is 24.7 Å². The van der Waals surface area contributed by atoms with E-state index < -0.39 is 24.1 Å². The minimum absolute atomic E-state index is 0.00136. The molecule has 3 N–H and O–H groups in total. The molecule has 186 valence electrons. The third-order valence-electron chi connectivity index (χ3n) is 6.65. The van der Waals surface area contributed by atoms with Crippen molar-refractivity contribution in [2.75, 3.05) is 13.7 Å². The van der Waals surface area contributed by atoms with Gasteiger partial charge in [0.15, 0.2) is 0 Å². The van der Waals surface area contributed by atoms with E-state index in [0.717, 1.165) is 25.7 Å². The number of nitrogens with one attached hydrogen (secondary N) is 3. The van der Waals surface area contributed by atoms with Gasteiger partial charge in [0, 0.05) is 18.0 Å². The molecule has 0 unspecified atom stereocenters. The summed E-state index contributed by atoms with van der Waals surface area (Å²) >= 11 is 0. The van der Waals surface area contributed by atoms with Gasteiger partial charge in [0.2, 0.25) is 11.8 Å². The van der Waals surface area contributed by atoms with Gasteiger partial charge in [-0.05, 0) is 31.2 Å². The fourth-order valence-electron chi connectivity index (χ4n) is 4.75. The molecule has 1 aliphatic carbocycles. The zero-order valence-electron chi connectivity index (χ0n) is 19.7. The Morgan fingerprint density at radius 3 is 2.56 bits per heavy atom. The van der Waals surface area contributed by atoms with Gasteiger partial charge in [-0.15, -0.1) is 0 Å². The summed E-state index contributed by atoms with van der Waals surface area (Å²) in [6.45, 7) is 0.578. The predicted molar refractivity (Wildman–Crippen MR) is 125 cm³/mol. The number of methoxy groups -OCH3 is 1. The molecule has 3 atom stereocenters. The normalized spacial score (nSPS) is 20.0. The van der Waals surface area contributed by atoms with Crippen LogP contribution in [0.3, 0.4) is 0 Å². The molecule has 34 heavy (non-hydrogen) atoms. The summed E-state index contributed by atoms with van der Waals surface area (Å²) in [6.07, 6.45) is 6.69. The SMILES string of the molecule is COc1ccccc1COC(=O)N[C@@H](CC1CCCCC1)C(=O)N[C@H](C=O)C[C@@H]1CCNC1=O. The number of aldehydes is 1. The van der Waals surface area contributed by atoms with Crippen molar-refractivity contribution in [3.8, 4) is 5.75 Å². The Morgan fingerprint density at radius 2 is 1.88 bits per heavy atom. The molecule has 3 rings (SSSR count). The quantitative estimate of drug-likeness (QED) is 0.424. The lowest BCUT2D eigenvalue weighted by molar-refractivity contribution is -0.127. The monoisotopic (exact) mass is 473 g/mol. The van der Waals surface area contributed by atoms with E-state index in [1.54, 1.807) is 19.2 Å². The van der Waals surface area contributed by atoms with Crippen molar-refractivity contribution < 1.29 is 28.7 Å². The molecule has 1 aliphatic heterocycles. The molecule has 1 saturated carbocycles. The smallest absolute Gasteiger partial charge is 0.408 e. The second-order valence-electron chi connectivity index (χ2n) is 9.09. The first-order valence-electron chi connectivity index (χ1n) is 12.1. The number of alkyl carbamates (subject to hydrolysis) is 1. The highest BCUT2D eigenvalue weighted by Gasteiger charge is 2.31. The molecule has 3 amide bonds. The van der Waals surface area contributed by atoms with Crippen LogP contribution in [-0.2, 0) is 25.7 Å². The van der Waals surface area contributed by atoms with Crippen molar-refractivity contribution in [3.63, 3.8) is 0 Å². The van der Waals surface area contributed by atoms with Crippen molar-refractivity contribution in [1.82, 2.24) is 16.0 Å². The van der Waals surface area contributed by atoms with Crippen molar-refractivity contribution in [3.05, 3.63) is 29.8 Å². The van der Waals surface area contributed by atoms with Gasteiger partial charge in [-0.3, -0.25) is 9.59 Å². The zero-order chi connectivity index (χ0) is 24.3. The van der Waals surface area contributed by atoms with E-state index in [1.165, 1.54) is 6.42 Å². The first-order chi connectivity index (χ1) is 16.5. The van der Waals surface area contributed by atoms with Crippen LogP contribution in [-0.4, -0.2) is 49.9 Å². The van der Waals surface area contributed by atoms with Crippen LogP contribution in [0.2, 0.25) is 0 Å². The number of rotatable bonds is 11. The lowest BCUT2D eigenvalue weighted by atomic mass is 9.84. The molecule has 2 aliphatic rings. The number of hydrogen-bond donors (Lipinski definition) is 3. The molecular formula is C25H35N3O6. The first kappa shape index (κ1) is 25.5. The largest absolute Gasteiger partial charge is 0.496 e. The van der Waals surface area contributed by atoms with Gasteiger partial charge in [0.25, 0.3) is 0 Å². The molecule has 1 aromatic carbocycles. The van der Waals surface area contributed by atoms with Crippen molar-refractivity contribution >= 4 is 24.2 Å². The van der Waals surface area contributed by atoms with Crippen LogP contribution in [0.4, 0.5) is 4.79 Å². The van der Waals surface area contributed by atoms with Crippen molar-refractivity contribution in [1.29, 1.82) is 0 Å². The van der Waals surface area contributed by atoms with E-state index in [-0.39, 0.29) is 24.9 Å². The van der Waals surface area contributed by atoms with Crippen LogP contribution in [0.5, 0.6) is 5.75 Å². The average molecular weight is 474 g/mol. The number of carbonyl (C=O) groups excluding carboxylic acids is 4. The highest BCUT2D eigenvalue weighted by atomic mass is 16.5. The summed E-state index contributed by atoms with van der Waals surface area (Å²) in [5.41, 5.74) is 0.712. The molecule has 9 nitrogen and oxygen atoms in total. The zero-order valence-corrected chi connectivity index (χ0v) is 19.7. The third kappa shape index (κ3) is 7.46. The van der Waals surface area contributed by atoms with Crippen LogP contribution in [0.15, 0.2) is 24.3 Å². The Labute approximate surface area is 200 Å². The minimum atomic E-state index is -0.826. The maximum absolute atomic E-state index is 13.1. The van der Waals surface area contributed by atoms with Crippen LogP contribution in [0, 0.1) is 11.8 Å². The summed E-state index contributed by atoms with van der Waals surface area (Å²) in [6, 6.07) is 5.61. The fraction of sp³-hybridized carbons (Fsp3) is 0.600. The molecular weight excluding hydrogens is 438 g/mol. The molecule has 0 spiro atoms. The fourth-order valence-corrected chi connectivity index (χ4v) is 4.75. The summed E-state index contributed by atoms with van der Waals surface area (Å²) in [4.78, 5) is 49.1. The topological polar surface area (TPSA) is 123 Å². The van der Waals surface area contributed by atoms with Gasteiger partial charge < -0.3 is 30.2 Å². The molecule has 2 fully saturated rings. The van der Waals surface area contributed by atoms with Crippen molar-refractivity contribution in [2.24, 2.45) is 11.8 Å². The predicted octanol–water partition coefficient (Wildman–Crippen LogP) is 2.47. The molecule has 1 saturated heterocycles. The van der Waals surface area contributed by atoms with E-state index in [2.05, 4.69) is 16.0 Å². The summed E-state index contributed by atoms with van der Waals surface area (Å²) < 4.78 is 10.6. The average Bonchev–Trinajstić information content (AvgIpc) is 3.26. The van der Waals surface area contributed by atoms with E-state index in [9.17, 15) is 19.2 Å². The second kappa shape index (κ2) is 13.0. The van der Waals surface area contributed by atoms with E-state index in [1.807, 2.05) is 12.1 Å². The van der Waals surface area contributed by atoms with E-state index in [0.29, 0.717) is 42.9 Å². The van der Waals surface area contributed by atoms with Gasteiger partial charge in [-0.25, -0.2) is 4.79 Å². The van der Waals surface area contributed by atoms with E-state index in [4.69, 9.17) is 9.47 Å². The lowest BCUT2D eigenvalue weighted by Gasteiger charge is -2.27. The number of ether oxygens (including phenoxy) is 2. The lowest BCUT2D eigenvalue weighted by Crippen LogP contribution is -2.51. The Balaban J connectivity index is 1.60. The number of amides is 3. The maximum atomic E-state index is 13.1. The Morgan fingerprint density at radius 1 is 1.12 bits per heavy atom. The Bertz CT molecular complexity index is 855. The number of carbonyl (C=O) groups is 4.